The fourth-order valence-corrected chi connectivity index (χ4v) is 5.05. The summed E-state index contributed by atoms with van der Waals surface area (Å²) in [5, 5.41) is 3.09. The van der Waals surface area contributed by atoms with Crippen molar-refractivity contribution in [3.63, 3.8) is 0 Å². The van der Waals surface area contributed by atoms with E-state index in [1.165, 1.54) is 24.3 Å². The number of rotatable bonds is 12. The summed E-state index contributed by atoms with van der Waals surface area (Å²) in [6.45, 7) is 3.76. The Morgan fingerprint density at radius 1 is 1.06 bits per heavy atom. The number of halogens is 4. The van der Waals surface area contributed by atoms with Crippen LogP contribution in [0.25, 0.3) is 0 Å². The van der Waals surface area contributed by atoms with Crippen molar-refractivity contribution in [2.24, 2.45) is 0 Å². The van der Waals surface area contributed by atoms with E-state index in [1.54, 1.807) is 25.6 Å². The lowest BCUT2D eigenvalue weighted by atomic mass is 10.2. The van der Waals surface area contributed by atoms with Crippen LogP contribution in [0.1, 0.15) is 25.2 Å². The summed E-state index contributed by atoms with van der Waals surface area (Å²) in [6.07, 6.45) is -2.23. The lowest BCUT2D eigenvalue weighted by Crippen LogP contribution is -2.32. The summed E-state index contributed by atoms with van der Waals surface area (Å²) >= 11 is 6.37. The second kappa shape index (κ2) is 11.5. The lowest BCUT2D eigenvalue weighted by Gasteiger charge is -2.28. The van der Waals surface area contributed by atoms with Crippen LogP contribution in [0.3, 0.4) is 0 Å². The molecule has 31 heavy (non-hydrogen) atoms. The average Bonchev–Trinajstić information content (AvgIpc) is 2.73. The van der Waals surface area contributed by atoms with E-state index in [2.05, 4.69) is 10.1 Å². The molecule has 0 heterocycles. The van der Waals surface area contributed by atoms with Crippen molar-refractivity contribution < 1.29 is 31.5 Å². The Morgan fingerprint density at radius 2 is 1.61 bits per heavy atom. The van der Waals surface area contributed by atoms with Gasteiger partial charge < -0.3 is 19.1 Å². The third-order valence-corrected chi connectivity index (χ3v) is 7.33. The van der Waals surface area contributed by atoms with Gasteiger partial charge in [0.2, 0.25) is 0 Å². The molecule has 0 saturated heterocycles. The van der Waals surface area contributed by atoms with Gasteiger partial charge in [-0.25, -0.2) is 4.39 Å². The van der Waals surface area contributed by atoms with E-state index >= 15 is 0 Å². The lowest BCUT2D eigenvalue weighted by molar-refractivity contribution is -0.199. The summed E-state index contributed by atoms with van der Waals surface area (Å²) in [5.74, 6) is -1.13. The smallest absolute Gasteiger partial charge is 0.429 e. The fourth-order valence-electron chi connectivity index (χ4n) is 2.66. The minimum absolute atomic E-state index is 0.170. The van der Waals surface area contributed by atoms with E-state index in [0.29, 0.717) is 11.3 Å². The molecule has 5 nitrogen and oxygen atoms in total. The van der Waals surface area contributed by atoms with Crippen LogP contribution in [-0.4, -0.2) is 31.2 Å². The molecule has 11 heteroatoms. The first kappa shape index (κ1) is 25.9. The molecule has 2 atom stereocenters. The Labute approximate surface area is 189 Å². The molecule has 0 radical (unpaired) electrons. The highest BCUT2D eigenvalue weighted by atomic mass is 35.5. The van der Waals surface area contributed by atoms with Crippen LogP contribution in [0.5, 0.6) is 5.75 Å². The molecule has 0 aliphatic heterocycles. The molecule has 2 aromatic carbocycles. The van der Waals surface area contributed by atoms with Crippen molar-refractivity contribution in [2.45, 2.75) is 36.3 Å². The van der Waals surface area contributed by atoms with Crippen LogP contribution in [0.2, 0.25) is 0 Å². The van der Waals surface area contributed by atoms with E-state index in [1.807, 2.05) is 30.5 Å². The van der Waals surface area contributed by atoms with Crippen molar-refractivity contribution >= 4 is 36.6 Å². The molecule has 2 aromatic rings. The predicted octanol–water partition coefficient (Wildman–Crippen LogP) is 7.29. The quantitative estimate of drug-likeness (QED) is 0.189. The van der Waals surface area contributed by atoms with Crippen molar-refractivity contribution in [3.8, 4) is 5.75 Å². The largest absolute Gasteiger partial charge is 0.444 e. The van der Waals surface area contributed by atoms with Crippen LogP contribution in [-0.2, 0) is 13.6 Å². The summed E-state index contributed by atoms with van der Waals surface area (Å²) < 4.78 is 68.3. The van der Waals surface area contributed by atoms with Gasteiger partial charge in [0.25, 0.3) is 5.63 Å². The number of thioether (sulfide) groups is 1. The first-order valence-electron chi connectivity index (χ1n) is 9.39. The number of alkyl halides is 4. The third kappa shape index (κ3) is 7.05. The minimum Gasteiger partial charge on any atom is -0.429 e. The molecule has 0 amide bonds. The zero-order valence-electron chi connectivity index (χ0n) is 17.2. The molecular formula is C20H24ClF3NO4PS. The van der Waals surface area contributed by atoms with Crippen LogP contribution in [0.4, 0.5) is 18.9 Å². The minimum atomic E-state index is -4.17. The predicted molar refractivity (Wildman–Crippen MR) is 118 cm³/mol. The van der Waals surface area contributed by atoms with Gasteiger partial charge in [0.05, 0.1) is 13.2 Å². The standard InChI is InChI=1S/C20H24ClF3NO4PS/c1-4-27-30(26,28-5-2)18(14-6-12-17(31-3)13-7-14)25-15-8-10-16(11-9-15)29-20(23,24)19(21)22/h6-13,18-19,25H,4-5H2,1-3H3. The number of hydrogen-bond donors (Lipinski definition) is 1. The van der Waals surface area contributed by atoms with Gasteiger partial charge in [-0.1, -0.05) is 23.7 Å². The Bertz CT molecular complexity index is 862. The van der Waals surface area contributed by atoms with Gasteiger partial charge in [0.1, 0.15) is 5.75 Å². The number of benzene rings is 2. The Balaban J connectivity index is 2.33. The number of anilines is 1. The van der Waals surface area contributed by atoms with Gasteiger partial charge in [0.15, 0.2) is 5.78 Å². The number of ether oxygens (including phenoxy) is 1. The molecule has 2 rings (SSSR count). The molecule has 2 unspecified atom stereocenters. The third-order valence-electron chi connectivity index (χ3n) is 4.03. The Morgan fingerprint density at radius 3 is 2.06 bits per heavy atom. The first-order chi connectivity index (χ1) is 14.6. The van der Waals surface area contributed by atoms with Crippen molar-refractivity contribution in [1.29, 1.82) is 0 Å². The zero-order chi connectivity index (χ0) is 23.1. The number of hydrogen-bond acceptors (Lipinski definition) is 6. The molecule has 0 aromatic heterocycles. The van der Waals surface area contributed by atoms with E-state index in [9.17, 15) is 17.7 Å². The SMILES string of the molecule is CCOP(=O)(OCC)C(Nc1ccc(OC(F)(F)C(F)Cl)cc1)c1ccc(SC)cc1. The van der Waals surface area contributed by atoms with Gasteiger partial charge in [-0.2, -0.15) is 8.78 Å². The van der Waals surface area contributed by atoms with Gasteiger partial charge in [-0.3, -0.25) is 4.57 Å². The van der Waals surface area contributed by atoms with E-state index < -0.39 is 25.1 Å². The molecule has 0 aliphatic carbocycles. The molecular weight excluding hydrogens is 474 g/mol. The highest BCUT2D eigenvalue weighted by Gasteiger charge is 2.42. The van der Waals surface area contributed by atoms with Gasteiger partial charge in [-0.15, -0.1) is 11.8 Å². The molecule has 0 saturated carbocycles. The topological polar surface area (TPSA) is 56.8 Å². The monoisotopic (exact) mass is 497 g/mol. The fraction of sp³-hybridized carbons (Fsp3) is 0.400. The summed E-state index contributed by atoms with van der Waals surface area (Å²) in [4.78, 5) is 1.03. The van der Waals surface area contributed by atoms with Crippen molar-refractivity contribution in [2.75, 3.05) is 24.8 Å². The molecule has 0 bridgehead atoms. The van der Waals surface area contributed by atoms with Crippen LogP contribution >= 0.6 is 31.0 Å². The molecule has 0 spiro atoms. The van der Waals surface area contributed by atoms with E-state index in [4.69, 9.17) is 20.6 Å². The van der Waals surface area contributed by atoms with Crippen LogP contribution < -0.4 is 10.1 Å². The maximum absolute atomic E-state index is 13.5. The number of nitrogens with one attached hydrogen (secondary N) is 1. The zero-order valence-corrected chi connectivity index (χ0v) is 19.7. The van der Waals surface area contributed by atoms with Crippen LogP contribution in [0, 0.1) is 0 Å². The van der Waals surface area contributed by atoms with Crippen LogP contribution in [0.15, 0.2) is 53.4 Å². The second-order valence-corrected chi connectivity index (χ2v) is 9.56. The maximum Gasteiger partial charge on any atom is 0.444 e. The molecule has 1 N–H and O–H groups in total. The highest BCUT2D eigenvalue weighted by Crippen LogP contribution is 2.60. The summed E-state index contributed by atoms with van der Waals surface area (Å²) in [7, 11) is -3.64. The van der Waals surface area contributed by atoms with Gasteiger partial charge in [0, 0.05) is 10.6 Å². The highest BCUT2D eigenvalue weighted by molar-refractivity contribution is 7.98. The Kier molecular flexibility index (Phi) is 9.58. The molecule has 0 fully saturated rings. The molecule has 172 valence electrons. The van der Waals surface area contributed by atoms with Crippen molar-refractivity contribution in [3.05, 3.63) is 54.1 Å². The normalized spacial score (nSPS) is 14.2. The van der Waals surface area contributed by atoms with E-state index in [-0.39, 0.29) is 19.0 Å². The van der Waals surface area contributed by atoms with Crippen molar-refractivity contribution in [1.82, 2.24) is 0 Å². The maximum atomic E-state index is 13.5. The summed E-state index contributed by atoms with van der Waals surface area (Å²) in [6, 6.07) is 12.7. The van der Waals surface area contributed by atoms with Gasteiger partial charge >= 0.3 is 13.7 Å². The first-order valence-corrected chi connectivity index (χ1v) is 12.7. The van der Waals surface area contributed by atoms with E-state index in [0.717, 1.165) is 4.90 Å². The average molecular weight is 498 g/mol. The molecule has 0 aliphatic rings. The Hall–Kier alpha value is -1.38. The summed E-state index contributed by atoms with van der Waals surface area (Å²) in [5.41, 5.74) is -1.88. The van der Waals surface area contributed by atoms with Gasteiger partial charge in [-0.05, 0) is 62.1 Å². The second-order valence-electron chi connectivity index (χ2n) is 6.18.